The van der Waals surface area contributed by atoms with E-state index in [1.165, 1.54) is 6.92 Å². The molecule has 0 heterocycles. The average molecular weight is 423 g/mol. The van der Waals surface area contributed by atoms with Gasteiger partial charge in [0.25, 0.3) is 5.91 Å². The molecule has 6 heteroatoms. The lowest BCUT2D eigenvalue weighted by Crippen LogP contribution is -2.26. The number of hydrogen-bond donors (Lipinski definition) is 2. The fourth-order valence-electron chi connectivity index (χ4n) is 2.90. The number of nitrogens with one attached hydrogen (secondary N) is 2. The summed E-state index contributed by atoms with van der Waals surface area (Å²) in [4.78, 5) is 23.7. The monoisotopic (exact) mass is 422 g/mol. The molecule has 2 N–H and O–H groups in total. The van der Waals surface area contributed by atoms with Crippen LogP contribution in [-0.4, -0.2) is 18.4 Å². The first kappa shape index (κ1) is 21.4. The highest BCUT2D eigenvalue weighted by Crippen LogP contribution is 2.20. The van der Waals surface area contributed by atoms with Gasteiger partial charge in [0.1, 0.15) is 12.4 Å². The number of rotatable bonds is 8. The molecule has 0 radical (unpaired) electrons. The molecular weight excluding hydrogens is 400 g/mol. The third-order valence-electron chi connectivity index (χ3n) is 4.41. The number of ether oxygens (including phenoxy) is 1. The van der Waals surface area contributed by atoms with Crippen molar-refractivity contribution in [2.75, 3.05) is 11.9 Å². The number of halogens is 1. The minimum atomic E-state index is -0.184. The maximum Gasteiger partial charge on any atom is 0.255 e. The Kier molecular flexibility index (Phi) is 7.46. The van der Waals surface area contributed by atoms with Crippen LogP contribution in [0.15, 0.2) is 72.8 Å². The Morgan fingerprint density at radius 3 is 2.27 bits per heavy atom. The molecule has 3 aromatic carbocycles. The molecule has 30 heavy (non-hydrogen) atoms. The van der Waals surface area contributed by atoms with Gasteiger partial charge in [-0.05, 0) is 53.9 Å². The van der Waals surface area contributed by atoms with Crippen molar-refractivity contribution < 1.29 is 14.3 Å². The molecule has 3 aromatic rings. The topological polar surface area (TPSA) is 67.4 Å². The van der Waals surface area contributed by atoms with Crippen molar-refractivity contribution in [1.29, 1.82) is 0 Å². The summed E-state index contributed by atoms with van der Waals surface area (Å²) >= 11 is 5.91. The van der Waals surface area contributed by atoms with E-state index in [0.717, 1.165) is 16.8 Å². The second-order valence-electron chi connectivity index (χ2n) is 6.80. The summed E-state index contributed by atoms with van der Waals surface area (Å²) in [5, 5.41) is 6.34. The molecule has 154 valence electrons. The van der Waals surface area contributed by atoms with E-state index in [-0.39, 0.29) is 11.8 Å². The molecule has 0 atom stereocenters. The van der Waals surface area contributed by atoms with Gasteiger partial charge in [-0.2, -0.15) is 0 Å². The van der Waals surface area contributed by atoms with Crippen LogP contribution in [-0.2, 0) is 17.8 Å². The predicted octanol–water partition coefficient (Wildman–Crippen LogP) is 4.85. The lowest BCUT2D eigenvalue weighted by atomic mass is 10.1. The highest BCUT2D eigenvalue weighted by molar-refractivity contribution is 6.30. The number of hydrogen-bond acceptors (Lipinski definition) is 3. The van der Waals surface area contributed by atoms with Crippen LogP contribution < -0.4 is 15.4 Å². The van der Waals surface area contributed by atoms with Gasteiger partial charge < -0.3 is 15.4 Å². The summed E-state index contributed by atoms with van der Waals surface area (Å²) in [7, 11) is 0. The quantitative estimate of drug-likeness (QED) is 0.545. The highest BCUT2D eigenvalue weighted by Gasteiger charge is 2.12. The summed E-state index contributed by atoms with van der Waals surface area (Å²) in [6.07, 6.45) is 0.680. The van der Waals surface area contributed by atoms with E-state index in [2.05, 4.69) is 10.6 Å². The number of para-hydroxylation sites is 1. The normalized spacial score (nSPS) is 10.3. The molecule has 0 unspecified atom stereocenters. The summed E-state index contributed by atoms with van der Waals surface area (Å²) in [5.74, 6) is 0.244. The number of anilines is 1. The van der Waals surface area contributed by atoms with Gasteiger partial charge in [0, 0.05) is 24.2 Å². The van der Waals surface area contributed by atoms with Crippen molar-refractivity contribution in [1.82, 2.24) is 5.32 Å². The molecule has 0 aliphatic heterocycles. The van der Waals surface area contributed by atoms with Gasteiger partial charge in [0.05, 0.1) is 5.56 Å². The third-order valence-corrected chi connectivity index (χ3v) is 4.66. The van der Waals surface area contributed by atoms with Gasteiger partial charge in [-0.1, -0.05) is 48.0 Å². The molecule has 0 aliphatic carbocycles. The Hall–Kier alpha value is -3.31. The first-order chi connectivity index (χ1) is 14.5. The lowest BCUT2D eigenvalue weighted by Gasteiger charge is -2.12. The Balaban J connectivity index is 1.54. The van der Waals surface area contributed by atoms with Crippen LogP contribution in [0.5, 0.6) is 5.75 Å². The van der Waals surface area contributed by atoms with Crippen molar-refractivity contribution in [2.45, 2.75) is 20.0 Å². The predicted molar refractivity (Wildman–Crippen MR) is 119 cm³/mol. The van der Waals surface area contributed by atoms with Crippen LogP contribution in [0.3, 0.4) is 0 Å². The second-order valence-corrected chi connectivity index (χ2v) is 7.23. The van der Waals surface area contributed by atoms with Crippen molar-refractivity contribution in [3.63, 3.8) is 0 Å². The maximum atomic E-state index is 12.6. The molecule has 0 saturated heterocycles. The summed E-state index contributed by atoms with van der Waals surface area (Å²) in [6, 6.07) is 22.1. The second kappa shape index (κ2) is 10.5. The molecular formula is C24H23ClN2O3. The van der Waals surface area contributed by atoms with Crippen LogP contribution in [0.25, 0.3) is 0 Å². The molecule has 5 nitrogen and oxygen atoms in total. The number of amides is 2. The van der Waals surface area contributed by atoms with Crippen LogP contribution >= 0.6 is 11.6 Å². The fraction of sp³-hybridized carbons (Fsp3) is 0.167. The Morgan fingerprint density at radius 1 is 0.900 bits per heavy atom. The molecule has 0 spiro atoms. The van der Waals surface area contributed by atoms with Crippen LogP contribution in [0.4, 0.5) is 5.69 Å². The van der Waals surface area contributed by atoms with Crippen LogP contribution in [0.2, 0.25) is 5.02 Å². The zero-order valence-corrected chi connectivity index (χ0v) is 17.4. The van der Waals surface area contributed by atoms with Crippen molar-refractivity contribution in [2.24, 2.45) is 0 Å². The van der Waals surface area contributed by atoms with Gasteiger partial charge in [0.15, 0.2) is 0 Å². The zero-order valence-electron chi connectivity index (χ0n) is 16.7. The van der Waals surface area contributed by atoms with E-state index in [1.807, 2.05) is 60.7 Å². The molecule has 0 bridgehead atoms. The summed E-state index contributed by atoms with van der Waals surface area (Å²) in [6.45, 7) is 2.31. The van der Waals surface area contributed by atoms with Gasteiger partial charge in [-0.3, -0.25) is 9.59 Å². The van der Waals surface area contributed by atoms with Crippen LogP contribution in [0, 0.1) is 0 Å². The van der Waals surface area contributed by atoms with Gasteiger partial charge in [-0.15, -0.1) is 0 Å². The zero-order chi connectivity index (χ0) is 21.3. The first-order valence-corrected chi connectivity index (χ1v) is 10.00. The number of benzene rings is 3. The van der Waals surface area contributed by atoms with E-state index in [4.69, 9.17) is 16.3 Å². The fourth-order valence-corrected chi connectivity index (χ4v) is 3.02. The molecule has 0 aromatic heterocycles. The highest BCUT2D eigenvalue weighted by atomic mass is 35.5. The van der Waals surface area contributed by atoms with Crippen LogP contribution in [0.1, 0.15) is 28.4 Å². The van der Waals surface area contributed by atoms with Crippen molar-refractivity contribution >= 4 is 29.1 Å². The Morgan fingerprint density at radius 2 is 1.57 bits per heavy atom. The van der Waals surface area contributed by atoms with E-state index in [9.17, 15) is 9.59 Å². The lowest BCUT2D eigenvalue weighted by molar-refractivity contribution is -0.114. The van der Waals surface area contributed by atoms with E-state index in [1.54, 1.807) is 12.1 Å². The average Bonchev–Trinajstić information content (AvgIpc) is 2.74. The smallest absolute Gasteiger partial charge is 0.255 e. The third kappa shape index (κ3) is 6.36. The summed E-state index contributed by atoms with van der Waals surface area (Å²) < 4.78 is 5.86. The summed E-state index contributed by atoms with van der Waals surface area (Å²) in [5.41, 5.74) is 3.28. The minimum Gasteiger partial charge on any atom is -0.488 e. The van der Waals surface area contributed by atoms with Gasteiger partial charge in [0.2, 0.25) is 5.91 Å². The molecule has 3 rings (SSSR count). The molecule has 2 amide bonds. The van der Waals surface area contributed by atoms with Crippen molar-refractivity contribution in [3.05, 3.63) is 94.5 Å². The maximum absolute atomic E-state index is 12.6. The van der Waals surface area contributed by atoms with Gasteiger partial charge >= 0.3 is 0 Å². The Bertz CT molecular complexity index is 1000. The van der Waals surface area contributed by atoms with E-state index >= 15 is 0 Å². The number of carbonyl (C=O) groups excluding carboxylic acids is 2. The largest absolute Gasteiger partial charge is 0.488 e. The number of carbonyl (C=O) groups is 2. The van der Waals surface area contributed by atoms with E-state index in [0.29, 0.717) is 35.9 Å². The van der Waals surface area contributed by atoms with E-state index < -0.39 is 0 Å². The molecule has 0 aliphatic rings. The van der Waals surface area contributed by atoms with Crippen molar-refractivity contribution in [3.8, 4) is 5.75 Å². The Labute approximate surface area is 181 Å². The first-order valence-electron chi connectivity index (χ1n) is 9.62. The minimum absolute atomic E-state index is 0.105. The van der Waals surface area contributed by atoms with Gasteiger partial charge in [-0.25, -0.2) is 0 Å². The standard InChI is InChI=1S/C24H23ClN2O3/c1-17(28)27-21-12-8-18(9-13-21)14-15-26-24(29)22-4-2-3-5-23(22)30-16-19-6-10-20(25)11-7-19/h2-13H,14-16H2,1H3,(H,26,29)(H,27,28). The molecule has 0 fully saturated rings. The SMILES string of the molecule is CC(=O)Nc1ccc(CCNC(=O)c2ccccc2OCc2ccc(Cl)cc2)cc1. The molecule has 0 saturated carbocycles.